The minimum absolute atomic E-state index is 0.306. The van der Waals surface area contributed by atoms with Crippen molar-refractivity contribution >= 4 is 5.71 Å². The van der Waals surface area contributed by atoms with Gasteiger partial charge >= 0.3 is 0 Å². The molecule has 17 heavy (non-hydrogen) atoms. The van der Waals surface area contributed by atoms with Crippen LogP contribution in [0.25, 0.3) is 0 Å². The van der Waals surface area contributed by atoms with Gasteiger partial charge in [0.15, 0.2) is 11.5 Å². The summed E-state index contributed by atoms with van der Waals surface area (Å²) in [6.07, 6.45) is 0. The molecule has 0 aliphatic carbocycles. The van der Waals surface area contributed by atoms with E-state index in [0.29, 0.717) is 13.5 Å². The van der Waals surface area contributed by atoms with E-state index < -0.39 is 0 Å². The molecule has 1 N–H and O–H groups in total. The molecule has 3 rings (SSSR count). The Labute approximate surface area is 100.0 Å². The van der Waals surface area contributed by atoms with Gasteiger partial charge < -0.3 is 14.8 Å². The van der Waals surface area contributed by atoms with Crippen LogP contribution in [0.2, 0.25) is 0 Å². The van der Waals surface area contributed by atoms with Gasteiger partial charge in [-0.1, -0.05) is 0 Å². The lowest BCUT2D eigenvalue weighted by atomic mass is 10.0. The number of hydrogen-bond acceptors (Lipinski definition) is 4. The first-order chi connectivity index (χ1) is 8.25. The molecule has 0 bridgehead atoms. The van der Waals surface area contributed by atoms with Gasteiger partial charge in [-0.25, -0.2) is 0 Å². The number of ether oxygens (including phenoxy) is 2. The third-order valence-corrected chi connectivity index (χ3v) is 3.15. The van der Waals surface area contributed by atoms with Crippen molar-refractivity contribution < 1.29 is 9.47 Å². The summed E-state index contributed by atoms with van der Waals surface area (Å²) in [5.74, 6) is 1.61. The maximum atomic E-state index is 5.38. The van der Waals surface area contributed by atoms with Gasteiger partial charge in [0.05, 0.1) is 5.71 Å². The Balaban J connectivity index is 2.03. The third kappa shape index (κ3) is 1.65. The zero-order valence-electron chi connectivity index (χ0n) is 9.91. The van der Waals surface area contributed by atoms with Crippen molar-refractivity contribution in [1.29, 1.82) is 0 Å². The van der Waals surface area contributed by atoms with E-state index in [9.17, 15) is 0 Å². The monoisotopic (exact) mass is 230 g/mol. The van der Waals surface area contributed by atoms with Gasteiger partial charge in [0.1, 0.15) is 6.67 Å². The Morgan fingerprint density at radius 3 is 2.88 bits per heavy atom. The predicted octanol–water partition coefficient (Wildman–Crippen LogP) is 2.06. The van der Waals surface area contributed by atoms with E-state index in [-0.39, 0.29) is 0 Å². The van der Waals surface area contributed by atoms with Crippen molar-refractivity contribution in [1.82, 2.24) is 5.32 Å². The second kappa shape index (κ2) is 3.80. The lowest BCUT2D eigenvalue weighted by Crippen LogP contribution is -2.22. The van der Waals surface area contributed by atoms with Crippen LogP contribution in [0.5, 0.6) is 11.5 Å². The van der Waals surface area contributed by atoms with Crippen molar-refractivity contribution in [2.24, 2.45) is 4.99 Å². The highest BCUT2D eigenvalue weighted by Gasteiger charge is 2.18. The maximum absolute atomic E-state index is 5.38. The van der Waals surface area contributed by atoms with Crippen molar-refractivity contribution in [3.8, 4) is 11.5 Å². The van der Waals surface area contributed by atoms with Crippen LogP contribution in [-0.2, 0) is 0 Å². The van der Waals surface area contributed by atoms with E-state index in [2.05, 4.69) is 24.2 Å². The average Bonchev–Trinajstić information content (AvgIpc) is 2.79. The molecule has 0 fully saturated rings. The molecule has 0 spiro atoms. The zero-order chi connectivity index (χ0) is 11.8. The fourth-order valence-electron chi connectivity index (χ4n) is 2.02. The highest BCUT2D eigenvalue weighted by molar-refractivity contribution is 6.13. The molecule has 4 nitrogen and oxygen atoms in total. The number of fused-ring (bicyclic) bond motifs is 1. The molecular formula is C13H14N2O2. The molecule has 88 valence electrons. The molecule has 1 aromatic carbocycles. The molecule has 4 heteroatoms. The lowest BCUT2D eigenvalue weighted by molar-refractivity contribution is 0.174. The molecule has 0 radical (unpaired) electrons. The van der Waals surface area contributed by atoms with Gasteiger partial charge in [0, 0.05) is 11.3 Å². The first-order valence-electron chi connectivity index (χ1n) is 5.62. The molecule has 2 aliphatic heterocycles. The first kappa shape index (κ1) is 10.2. The molecule has 0 saturated heterocycles. The minimum Gasteiger partial charge on any atom is -0.454 e. The Morgan fingerprint density at radius 2 is 2.00 bits per heavy atom. The van der Waals surface area contributed by atoms with Crippen LogP contribution in [0, 0.1) is 0 Å². The summed E-state index contributed by atoms with van der Waals surface area (Å²) < 4.78 is 10.7. The molecule has 0 amide bonds. The fourth-order valence-corrected chi connectivity index (χ4v) is 2.02. The first-order valence-corrected chi connectivity index (χ1v) is 5.62. The Morgan fingerprint density at radius 1 is 1.18 bits per heavy atom. The summed E-state index contributed by atoms with van der Waals surface area (Å²) in [6, 6.07) is 5.95. The third-order valence-electron chi connectivity index (χ3n) is 3.15. The van der Waals surface area contributed by atoms with Crippen molar-refractivity contribution in [2.45, 2.75) is 13.8 Å². The lowest BCUT2D eigenvalue weighted by Gasteiger charge is -2.18. The topological polar surface area (TPSA) is 42.9 Å². The van der Waals surface area contributed by atoms with Gasteiger partial charge in [-0.3, -0.25) is 4.99 Å². The van der Waals surface area contributed by atoms with Crippen LogP contribution < -0.4 is 14.8 Å². The Kier molecular flexibility index (Phi) is 2.28. The van der Waals surface area contributed by atoms with Crippen LogP contribution in [0.4, 0.5) is 0 Å². The number of nitrogens with zero attached hydrogens (tertiary/aromatic N) is 1. The quantitative estimate of drug-likeness (QED) is 0.803. The number of rotatable bonds is 1. The molecule has 0 unspecified atom stereocenters. The number of benzene rings is 1. The zero-order valence-corrected chi connectivity index (χ0v) is 9.91. The SMILES string of the molecule is CC1=C(C)C(c2ccc3c(c2)OCO3)=NCN1. The fraction of sp³-hybridized carbons (Fsp3) is 0.308. The van der Waals surface area contributed by atoms with Crippen LogP contribution in [0.1, 0.15) is 19.4 Å². The van der Waals surface area contributed by atoms with Crippen LogP contribution >= 0.6 is 0 Å². The van der Waals surface area contributed by atoms with E-state index in [1.807, 2.05) is 18.2 Å². The Bertz CT molecular complexity index is 532. The molecule has 0 saturated carbocycles. The van der Waals surface area contributed by atoms with Crippen LogP contribution in [0.15, 0.2) is 34.5 Å². The summed E-state index contributed by atoms with van der Waals surface area (Å²) in [6.45, 7) is 5.08. The number of aliphatic imine (C=N–C) groups is 1. The van der Waals surface area contributed by atoms with Crippen molar-refractivity contribution in [3.63, 3.8) is 0 Å². The molecule has 0 aromatic heterocycles. The van der Waals surface area contributed by atoms with Gasteiger partial charge in [-0.15, -0.1) is 0 Å². The van der Waals surface area contributed by atoms with E-state index >= 15 is 0 Å². The second-order valence-electron chi connectivity index (χ2n) is 4.16. The standard InChI is InChI=1S/C13H14N2O2/c1-8-9(2)14-6-15-13(8)10-3-4-11-12(5-10)17-7-16-11/h3-5,14H,6-7H2,1-2H3. The van der Waals surface area contributed by atoms with Gasteiger partial charge in [-0.05, 0) is 37.6 Å². The van der Waals surface area contributed by atoms with Gasteiger partial charge in [0.2, 0.25) is 6.79 Å². The Hall–Kier alpha value is -1.97. The van der Waals surface area contributed by atoms with Crippen molar-refractivity contribution in [3.05, 3.63) is 35.0 Å². The highest BCUT2D eigenvalue weighted by atomic mass is 16.7. The molecule has 1 aromatic rings. The van der Waals surface area contributed by atoms with E-state index in [1.165, 1.54) is 11.3 Å². The molecule has 2 heterocycles. The van der Waals surface area contributed by atoms with E-state index in [1.54, 1.807) is 0 Å². The number of hydrogen-bond donors (Lipinski definition) is 1. The molecule has 2 aliphatic rings. The van der Waals surface area contributed by atoms with Crippen LogP contribution in [0.3, 0.4) is 0 Å². The summed E-state index contributed by atoms with van der Waals surface area (Å²) >= 11 is 0. The summed E-state index contributed by atoms with van der Waals surface area (Å²) in [5.41, 5.74) is 4.45. The van der Waals surface area contributed by atoms with Gasteiger partial charge in [0.25, 0.3) is 0 Å². The van der Waals surface area contributed by atoms with Crippen molar-refractivity contribution in [2.75, 3.05) is 13.5 Å². The summed E-state index contributed by atoms with van der Waals surface area (Å²) in [7, 11) is 0. The number of allylic oxidation sites excluding steroid dienone is 2. The molecular weight excluding hydrogens is 216 g/mol. The summed E-state index contributed by atoms with van der Waals surface area (Å²) in [4.78, 5) is 4.51. The largest absolute Gasteiger partial charge is 0.454 e. The number of nitrogens with one attached hydrogen (secondary N) is 1. The highest BCUT2D eigenvalue weighted by Crippen LogP contribution is 2.33. The van der Waals surface area contributed by atoms with E-state index in [4.69, 9.17) is 9.47 Å². The smallest absolute Gasteiger partial charge is 0.231 e. The minimum atomic E-state index is 0.306. The van der Waals surface area contributed by atoms with Crippen LogP contribution in [-0.4, -0.2) is 19.2 Å². The molecule has 0 atom stereocenters. The van der Waals surface area contributed by atoms with Gasteiger partial charge in [-0.2, -0.15) is 0 Å². The predicted molar refractivity (Wildman–Crippen MR) is 65.5 cm³/mol. The summed E-state index contributed by atoms with van der Waals surface area (Å²) in [5, 5.41) is 3.22. The average molecular weight is 230 g/mol. The normalized spacial score (nSPS) is 17.9. The van der Waals surface area contributed by atoms with E-state index in [0.717, 1.165) is 22.8 Å². The second-order valence-corrected chi connectivity index (χ2v) is 4.16. The maximum Gasteiger partial charge on any atom is 0.231 e.